The molecule has 1 aliphatic carbocycles. The van der Waals surface area contributed by atoms with Crippen molar-refractivity contribution in [3.05, 3.63) is 35.4 Å². The highest BCUT2D eigenvalue weighted by molar-refractivity contribution is 5.28. The molecule has 2 N–H and O–H groups in total. The third-order valence-corrected chi connectivity index (χ3v) is 4.10. The summed E-state index contributed by atoms with van der Waals surface area (Å²) in [6.07, 6.45) is 6.46. The van der Waals surface area contributed by atoms with Crippen LogP contribution in [0, 0.1) is 6.92 Å². The van der Waals surface area contributed by atoms with E-state index in [-0.39, 0.29) is 12.1 Å². The minimum Gasteiger partial charge on any atom is -0.394 e. The molecule has 0 amide bonds. The van der Waals surface area contributed by atoms with Gasteiger partial charge in [0.25, 0.3) is 0 Å². The number of rotatable bonds is 4. The minimum absolute atomic E-state index is 0.146. The normalized spacial score (nSPS) is 20.6. The fraction of sp³-hybridized carbons (Fsp3) is 0.625. The number of aryl methyl sites for hydroxylation is 1. The van der Waals surface area contributed by atoms with Gasteiger partial charge in [-0.1, -0.05) is 49.1 Å². The molecule has 0 radical (unpaired) electrons. The molecular formula is C16H25NO. The summed E-state index contributed by atoms with van der Waals surface area (Å²) in [5.74, 6) is 0. The van der Waals surface area contributed by atoms with E-state index in [9.17, 15) is 5.11 Å². The summed E-state index contributed by atoms with van der Waals surface area (Å²) >= 11 is 0. The molecule has 2 nitrogen and oxygen atoms in total. The van der Waals surface area contributed by atoms with E-state index in [4.69, 9.17) is 0 Å². The molecule has 18 heavy (non-hydrogen) atoms. The molecule has 1 aliphatic rings. The maximum atomic E-state index is 9.80. The zero-order chi connectivity index (χ0) is 13.0. The van der Waals surface area contributed by atoms with Crippen LogP contribution in [0.3, 0.4) is 0 Å². The lowest BCUT2D eigenvalue weighted by molar-refractivity contribution is 0.150. The van der Waals surface area contributed by atoms with Gasteiger partial charge in [-0.2, -0.15) is 0 Å². The largest absolute Gasteiger partial charge is 0.394 e. The summed E-state index contributed by atoms with van der Waals surface area (Å²) < 4.78 is 0. The van der Waals surface area contributed by atoms with E-state index < -0.39 is 0 Å². The van der Waals surface area contributed by atoms with Crippen LogP contribution in [0.15, 0.2) is 24.3 Å². The van der Waals surface area contributed by atoms with Crippen LogP contribution in [0.2, 0.25) is 0 Å². The average Bonchev–Trinajstić information content (AvgIpc) is 2.40. The molecule has 1 saturated carbocycles. The second-order valence-electron chi connectivity index (χ2n) is 5.84. The van der Waals surface area contributed by atoms with Crippen molar-refractivity contribution in [2.45, 2.75) is 57.5 Å². The Morgan fingerprint density at radius 2 is 2.00 bits per heavy atom. The lowest BCUT2D eigenvalue weighted by Crippen LogP contribution is -2.49. The molecule has 1 atom stereocenters. The summed E-state index contributed by atoms with van der Waals surface area (Å²) in [6.45, 7) is 4.35. The minimum atomic E-state index is -0.311. The monoisotopic (exact) mass is 247 g/mol. The van der Waals surface area contributed by atoms with Crippen molar-refractivity contribution >= 4 is 0 Å². The fourth-order valence-electron chi connectivity index (χ4n) is 2.91. The van der Waals surface area contributed by atoms with E-state index in [1.54, 1.807) is 0 Å². The van der Waals surface area contributed by atoms with E-state index in [0.717, 1.165) is 0 Å². The zero-order valence-corrected chi connectivity index (χ0v) is 11.6. The van der Waals surface area contributed by atoms with Crippen molar-refractivity contribution in [3.63, 3.8) is 0 Å². The van der Waals surface area contributed by atoms with Crippen molar-refractivity contribution in [1.82, 2.24) is 5.32 Å². The molecule has 0 heterocycles. The predicted molar refractivity (Wildman–Crippen MR) is 75.6 cm³/mol. The Hall–Kier alpha value is -0.860. The molecule has 2 heteroatoms. The molecule has 0 bridgehead atoms. The Balaban J connectivity index is 2.13. The van der Waals surface area contributed by atoms with E-state index in [0.29, 0.717) is 6.04 Å². The standard InChI is InChI=1S/C16H25NO/c1-13-7-6-8-14(11-13)16(2,12-18)17-15-9-4-3-5-10-15/h6-8,11,15,17-18H,3-5,9-10,12H2,1-2H3. The first-order valence-electron chi connectivity index (χ1n) is 7.10. The number of nitrogens with one attached hydrogen (secondary N) is 1. The van der Waals surface area contributed by atoms with Crippen LogP contribution in [0.4, 0.5) is 0 Å². The van der Waals surface area contributed by atoms with Crippen molar-refractivity contribution in [2.24, 2.45) is 0 Å². The highest BCUT2D eigenvalue weighted by atomic mass is 16.3. The van der Waals surface area contributed by atoms with Gasteiger partial charge in [0.15, 0.2) is 0 Å². The van der Waals surface area contributed by atoms with Gasteiger partial charge in [0, 0.05) is 6.04 Å². The molecule has 0 saturated heterocycles. The number of benzene rings is 1. The summed E-state index contributed by atoms with van der Waals surface area (Å²) in [5, 5.41) is 13.5. The maximum absolute atomic E-state index is 9.80. The van der Waals surface area contributed by atoms with Crippen LogP contribution >= 0.6 is 0 Å². The first-order valence-corrected chi connectivity index (χ1v) is 7.10. The summed E-state index contributed by atoms with van der Waals surface area (Å²) in [6, 6.07) is 9.00. The van der Waals surface area contributed by atoms with Crippen LogP contribution in [0.5, 0.6) is 0 Å². The van der Waals surface area contributed by atoms with Gasteiger partial charge in [-0.15, -0.1) is 0 Å². The highest BCUT2D eigenvalue weighted by Crippen LogP contribution is 2.26. The van der Waals surface area contributed by atoms with Crippen LogP contribution in [0.25, 0.3) is 0 Å². The van der Waals surface area contributed by atoms with Crippen LogP contribution < -0.4 is 5.32 Å². The quantitative estimate of drug-likeness (QED) is 0.857. The lowest BCUT2D eigenvalue weighted by atomic mass is 9.87. The van der Waals surface area contributed by atoms with Gasteiger partial charge in [-0.05, 0) is 32.3 Å². The van der Waals surface area contributed by atoms with E-state index in [2.05, 4.69) is 43.4 Å². The van der Waals surface area contributed by atoms with Gasteiger partial charge in [-0.25, -0.2) is 0 Å². The fourth-order valence-corrected chi connectivity index (χ4v) is 2.91. The van der Waals surface area contributed by atoms with Gasteiger partial charge in [0.1, 0.15) is 0 Å². The van der Waals surface area contributed by atoms with Gasteiger partial charge < -0.3 is 10.4 Å². The molecule has 0 aliphatic heterocycles. The highest BCUT2D eigenvalue weighted by Gasteiger charge is 2.29. The molecule has 0 aromatic heterocycles. The van der Waals surface area contributed by atoms with E-state index in [1.807, 2.05) is 0 Å². The first kappa shape index (κ1) is 13.6. The van der Waals surface area contributed by atoms with Gasteiger partial charge >= 0.3 is 0 Å². The van der Waals surface area contributed by atoms with Crippen molar-refractivity contribution in [3.8, 4) is 0 Å². The molecule has 1 aromatic rings. The summed E-state index contributed by atoms with van der Waals surface area (Å²) in [5.41, 5.74) is 2.13. The second-order valence-corrected chi connectivity index (χ2v) is 5.84. The molecule has 100 valence electrons. The Morgan fingerprint density at radius 3 is 2.61 bits per heavy atom. The SMILES string of the molecule is Cc1cccc(C(C)(CO)NC2CCCCC2)c1. The Labute approximate surface area is 110 Å². The Morgan fingerprint density at radius 1 is 1.28 bits per heavy atom. The number of hydrogen-bond acceptors (Lipinski definition) is 2. The van der Waals surface area contributed by atoms with Crippen LogP contribution in [-0.4, -0.2) is 17.8 Å². The average molecular weight is 247 g/mol. The number of aliphatic hydroxyl groups is 1. The number of aliphatic hydroxyl groups excluding tert-OH is 1. The molecule has 0 spiro atoms. The van der Waals surface area contributed by atoms with Gasteiger partial charge in [0.05, 0.1) is 12.1 Å². The maximum Gasteiger partial charge on any atom is 0.0652 e. The summed E-state index contributed by atoms with van der Waals surface area (Å²) in [4.78, 5) is 0. The topological polar surface area (TPSA) is 32.3 Å². The second kappa shape index (κ2) is 5.85. The van der Waals surface area contributed by atoms with Crippen molar-refractivity contribution in [2.75, 3.05) is 6.61 Å². The molecule has 1 fully saturated rings. The Bertz CT molecular complexity index is 384. The van der Waals surface area contributed by atoms with E-state index >= 15 is 0 Å². The van der Waals surface area contributed by atoms with Crippen molar-refractivity contribution in [1.29, 1.82) is 0 Å². The zero-order valence-electron chi connectivity index (χ0n) is 11.6. The Kier molecular flexibility index (Phi) is 4.41. The van der Waals surface area contributed by atoms with E-state index in [1.165, 1.54) is 43.2 Å². The third-order valence-electron chi connectivity index (χ3n) is 4.10. The smallest absolute Gasteiger partial charge is 0.0652 e. The van der Waals surface area contributed by atoms with Crippen LogP contribution in [0.1, 0.15) is 50.2 Å². The molecule has 2 rings (SSSR count). The third kappa shape index (κ3) is 3.12. The number of hydrogen-bond donors (Lipinski definition) is 2. The molecule has 1 unspecified atom stereocenters. The van der Waals surface area contributed by atoms with Crippen LogP contribution in [-0.2, 0) is 5.54 Å². The van der Waals surface area contributed by atoms with Crippen molar-refractivity contribution < 1.29 is 5.11 Å². The summed E-state index contributed by atoms with van der Waals surface area (Å²) in [7, 11) is 0. The van der Waals surface area contributed by atoms with Gasteiger partial charge in [0.2, 0.25) is 0 Å². The van der Waals surface area contributed by atoms with Gasteiger partial charge in [-0.3, -0.25) is 0 Å². The lowest BCUT2D eigenvalue weighted by Gasteiger charge is -2.36. The molecular weight excluding hydrogens is 222 g/mol. The predicted octanol–water partition coefficient (Wildman–Crippen LogP) is 3.12. The molecule has 1 aromatic carbocycles. The first-order chi connectivity index (χ1) is 8.64.